The van der Waals surface area contributed by atoms with Crippen molar-refractivity contribution in [3.63, 3.8) is 0 Å². The van der Waals surface area contributed by atoms with Crippen LogP contribution in [0.4, 0.5) is 5.69 Å². The lowest BCUT2D eigenvalue weighted by Crippen LogP contribution is -2.27. The van der Waals surface area contributed by atoms with Gasteiger partial charge in [-0.15, -0.1) is 0 Å². The van der Waals surface area contributed by atoms with Crippen LogP contribution in [-0.4, -0.2) is 30.6 Å². The topological polar surface area (TPSA) is 63.2 Å². The summed E-state index contributed by atoms with van der Waals surface area (Å²) in [6, 6.07) is 12.1. The minimum absolute atomic E-state index is 0.146. The molecule has 138 valence electrons. The van der Waals surface area contributed by atoms with Gasteiger partial charge in [0.25, 0.3) is 5.91 Å². The zero-order chi connectivity index (χ0) is 18.2. The predicted octanol–water partition coefficient (Wildman–Crippen LogP) is 3.81. The maximum Gasteiger partial charge on any atom is 0.269 e. The van der Waals surface area contributed by atoms with E-state index >= 15 is 0 Å². The van der Waals surface area contributed by atoms with Gasteiger partial charge in [-0.2, -0.15) is 0 Å². The Bertz CT molecular complexity index is 727. The Labute approximate surface area is 155 Å². The molecule has 0 aliphatic heterocycles. The van der Waals surface area contributed by atoms with Crippen LogP contribution in [0, 0.1) is 0 Å². The fourth-order valence-electron chi connectivity index (χ4n) is 3.44. The van der Waals surface area contributed by atoms with E-state index in [1.165, 1.54) is 32.1 Å². The van der Waals surface area contributed by atoms with E-state index in [1.807, 2.05) is 36.4 Å². The maximum atomic E-state index is 12.4. The minimum Gasteiger partial charge on any atom is -0.496 e. The Morgan fingerprint density at radius 1 is 1.19 bits per heavy atom. The zero-order valence-corrected chi connectivity index (χ0v) is 15.3. The molecule has 0 saturated heterocycles. The molecule has 0 bridgehead atoms. The van der Waals surface area contributed by atoms with Gasteiger partial charge < -0.3 is 15.4 Å². The average Bonchev–Trinajstić information content (AvgIpc) is 2.69. The summed E-state index contributed by atoms with van der Waals surface area (Å²) in [7, 11) is 1.66. The summed E-state index contributed by atoms with van der Waals surface area (Å²) in [4.78, 5) is 16.6. The maximum absolute atomic E-state index is 12.4. The van der Waals surface area contributed by atoms with Crippen LogP contribution in [0.5, 0.6) is 5.75 Å². The van der Waals surface area contributed by atoms with Crippen molar-refractivity contribution in [3.05, 3.63) is 53.9 Å². The van der Waals surface area contributed by atoms with E-state index < -0.39 is 0 Å². The number of methoxy groups -OCH3 is 1. The van der Waals surface area contributed by atoms with Gasteiger partial charge >= 0.3 is 0 Å². The van der Waals surface area contributed by atoms with Crippen molar-refractivity contribution in [2.75, 3.05) is 19.0 Å². The van der Waals surface area contributed by atoms with Gasteiger partial charge in [0.15, 0.2) is 0 Å². The smallest absolute Gasteiger partial charge is 0.269 e. The first-order valence-corrected chi connectivity index (χ1v) is 9.39. The van der Waals surface area contributed by atoms with Crippen molar-refractivity contribution >= 4 is 11.6 Å². The van der Waals surface area contributed by atoms with E-state index in [4.69, 9.17) is 4.74 Å². The number of hydrogen-bond donors (Lipinski definition) is 2. The summed E-state index contributed by atoms with van der Waals surface area (Å²) in [5, 5.41) is 6.48. The Morgan fingerprint density at radius 3 is 2.81 bits per heavy atom. The lowest BCUT2D eigenvalue weighted by Gasteiger charge is -2.23. The van der Waals surface area contributed by atoms with E-state index in [1.54, 1.807) is 13.3 Å². The number of anilines is 1. The molecule has 1 aliphatic carbocycles. The predicted molar refractivity (Wildman–Crippen MR) is 104 cm³/mol. The highest BCUT2D eigenvalue weighted by Crippen LogP contribution is 2.22. The molecule has 1 fully saturated rings. The second-order valence-electron chi connectivity index (χ2n) is 6.73. The van der Waals surface area contributed by atoms with Crippen LogP contribution in [0.15, 0.2) is 42.6 Å². The third kappa shape index (κ3) is 4.97. The second-order valence-corrected chi connectivity index (χ2v) is 6.73. The molecule has 0 radical (unpaired) electrons. The highest BCUT2D eigenvalue weighted by molar-refractivity contribution is 5.93. The van der Waals surface area contributed by atoms with Gasteiger partial charge in [-0.3, -0.25) is 9.78 Å². The number of ether oxygens (including phenoxy) is 1. The standard InChI is InChI=1S/C21H27N3O2/c1-26-20-10-6-5-7-16(20)11-13-23-21(25)19-15-18(12-14-22-19)24-17-8-3-2-4-9-17/h5-7,10,12,14-15,17H,2-4,8-9,11,13H2,1H3,(H,22,24)(H,23,25). The lowest BCUT2D eigenvalue weighted by molar-refractivity contribution is 0.0949. The summed E-state index contributed by atoms with van der Waals surface area (Å²) in [5.74, 6) is 0.700. The van der Waals surface area contributed by atoms with Gasteiger partial charge in [0, 0.05) is 24.5 Å². The average molecular weight is 353 g/mol. The largest absolute Gasteiger partial charge is 0.496 e. The summed E-state index contributed by atoms with van der Waals surface area (Å²) in [6.07, 6.45) is 8.69. The highest BCUT2D eigenvalue weighted by Gasteiger charge is 2.14. The number of rotatable bonds is 7. The molecule has 5 nitrogen and oxygen atoms in total. The summed E-state index contributed by atoms with van der Waals surface area (Å²) in [6.45, 7) is 0.543. The number of carbonyl (C=O) groups excluding carboxylic acids is 1. The molecule has 1 saturated carbocycles. The molecule has 1 aliphatic rings. The van der Waals surface area contributed by atoms with Crippen molar-refractivity contribution in [3.8, 4) is 5.75 Å². The Kier molecular flexibility index (Phi) is 6.47. The van der Waals surface area contributed by atoms with Crippen LogP contribution >= 0.6 is 0 Å². The summed E-state index contributed by atoms with van der Waals surface area (Å²) in [5.41, 5.74) is 2.50. The number of amides is 1. The fraction of sp³-hybridized carbons (Fsp3) is 0.429. The molecule has 1 amide bonds. The molecular weight excluding hydrogens is 326 g/mol. The quantitative estimate of drug-likeness (QED) is 0.794. The molecule has 2 aromatic rings. The fourth-order valence-corrected chi connectivity index (χ4v) is 3.44. The van der Waals surface area contributed by atoms with Crippen LogP contribution in [0.1, 0.15) is 48.2 Å². The van der Waals surface area contributed by atoms with Gasteiger partial charge in [-0.25, -0.2) is 0 Å². The number of aromatic nitrogens is 1. The van der Waals surface area contributed by atoms with Crippen molar-refractivity contribution in [1.82, 2.24) is 10.3 Å². The number of pyridine rings is 1. The molecule has 3 rings (SSSR count). The van der Waals surface area contributed by atoms with E-state index in [0.717, 1.165) is 23.4 Å². The lowest BCUT2D eigenvalue weighted by atomic mass is 9.95. The summed E-state index contributed by atoms with van der Waals surface area (Å²) < 4.78 is 5.34. The Hall–Kier alpha value is -2.56. The van der Waals surface area contributed by atoms with Crippen LogP contribution < -0.4 is 15.4 Å². The van der Waals surface area contributed by atoms with Gasteiger partial charge in [-0.1, -0.05) is 37.5 Å². The van der Waals surface area contributed by atoms with E-state index in [9.17, 15) is 4.79 Å². The number of carbonyl (C=O) groups is 1. The first-order chi connectivity index (χ1) is 12.8. The van der Waals surface area contributed by atoms with Crippen LogP contribution in [0.25, 0.3) is 0 Å². The number of para-hydroxylation sites is 1. The van der Waals surface area contributed by atoms with Crippen molar-refractivity contribution < 1.29 is 9.53 Å². The van der Waals surface area contributed by atoms with Crippen molar-refractivity contribution in [1.29, 1.82) is 0 Å². The summed E-state index contributed by atoms with van der Waals surface area (Å²) >= 11 is 0. The van der Waals surface area contributed by atoms with Crippen LogP contribution in [0.3, 0.4) is 0 Å². The molecular formula is C21H27N3O2. The molecule has 2 N–H and O–H groups in total. The number of benzene rings is 1. The third-order valence-corrected chi connectivity index (χ3v) is 4.84. The normalized spacial score (nSPS) is 14.7. The monoisotopic (exact) mass is 353 g/mol. The number of nitrogens with one attached hydrogen (secondary N) is 2. The number of hydrogen-bond acceptors (Lipinski definition) is 4. The highest BCUT2D eigenvalue weighted by atomic mass is 16.5. The van der Waals surface area contributed by atoms with Gasteiger partial charge in [0.2, 0.25) is 0 Å². The Morgan fingerprint density at radius 2 is 2.00 bits per heavy atom. The molecule has 0 atom stereocenters. The van der Waals surface area contributed by atoms with Crippen molar-refractivity contribution in [2.45, 2.75) is 44.6 Å². The molecule has 1 aromatic carbocycles. The second kappa shape index (κ2) is 9.22. The molecule has 5 heteroatoms. The van der Waals surface area contributed by atoms with Crippen LogP contribution in [-0.2, 0) is 6.42 Å². The first-order valence-electron chi connectivity index (χ1n) is 9.39. The van der Waals surface area contributed by atoms with E-state index in [2.05, 4.69) is 15.6 Å². The molecule has 0 spiro atoms. The van der Waals surface area contributed by atoms with Crippen LogP contribution in [0.2, 0.25) is 0 Å². The van der Waals surface area contributed by atoms with Gasteiger partial charge in [-0.05, 0) is 43.0 Å². The molecule has 26 heavy (non-hydrogen) atoms. The van der Waals surface area contributed by atoms with E-state index in [-0.39, 0.29) is 5.91 Å². The first kappa shape index (κ1) is 18.2. The molecule has 1 heterocycles. The molecule has 0 unspecified atom stereocenters. The van der Waals surface area contributed by atoms with Gasteiger partial charge in [0.05, 0.1) is 7.11 Å². The zero-order valence-electron chi connectivity index (χ0n) is 15.3. The minimum atomic E-state index is -0.146. The van der Waals surface area contributed by atoms with Gasteiger partial charge in [0.1, 0.15) is 11.4 Å². The molecule has 1 aromatic heterocycles. The number of nitrogens with zero attached hydrogens (tertiary/aromatic N) is 1. The SMILES string of the molecule is COc1ccccc1CCNC(=O)c1cc(NC2CCCCC2)ccn1. The van der Waals surface area contributed by atoms with E-state index in [0.29, 0.717) is 18.3 Å². The van der Waals surface area contributed by atoms with Crippen molar-refractivity contribution in [2.24, 2.45) is 0 Å². The Balaban J connectivity index is 1.53. The third-order valence-electron chi connectivity index (χ3n) is 4.84.